The van der Waals surface area contributed by atoms with Crippen molar-refractivity contribution < 1.29 is 9.90 Å². The van der Waals surface area contributed by atoms with E-state index in [4.69, 9.17) is 0 Å². The molecule has 1 saturated carbocycles. The van der Waals surface area contributed by atoms with Gasteiger partial charge in [0.25, 0.3) is 0 Å². The molecule has 0 radical (unpaired) electrons. The number of carboxylic acids is 1. The molecular formula is C15H13BrN2O2S. The Labute approximate surface area is 135 Å². The predicted molar refractivity (Wildman–Crippen MR) is 84.7 cm³/mol. The molecule has 6 heteroatoms. The van der Waals surface area contributed by atoms with Gasteiger partial charge in [0.15, 0.2) is 0 Å². The Morgan fingerprint density at radius 3 is 2.67 bits per heavy atom. The summed E-state index contributed by atoms with van der Waals surface area (Å²) in [4.78, 5) is 21.0. The molecule has 0 spiro atoms. The number of aromatic carboxylic acids is 1. The number of benzene rings is 1. The summed E-state index contributed by atoms with van der Waals surface area (Å²) in [5.74, 6) is 0.690. The monoisotopic (exact) mass is 364 g/mol. The first-order chi connectivity index (χ1) is 10.1. The molecule has 1 fully saturated rings. The van der Waals surface area contributed by atoms with Crippen LogP contribution in [0.2, 0.25) is 0 Å². The average molecular weight is 365 g/mol. The second kappa shape index (κ2) is 6.15. The van der Waals surface area contributed by atoms with Gasteiger partial charge in [0.1, 0.15) is 5.82 Å². The van der Waals surface area contributed by atoms with Crippen LogP contribution in [-0.2, 0) is 5.75 Å². The third-order valence-electron chi connectivity index (χ3n) is 3.24. The molecule has 21 heavy (non-hydrogen) atoms. The number of carboxylic acid groups (broad SMARTS) is 1. The van der Waals surface area contributed by atoms with Crippen molar-refractivity contribution in [3.05, 3.63) is 52.0 Å². The minimum atomic E-state index is -0.941. The fourth-order valence-corrected chi connectivity index (χ4v) is 3.04. The van der Waals surface area contributed by atoms with Crippen molar-refractivity contribution in [3.63, 3.8) is 0 Å². The first-order valence-electron chi connectivity index (χ1n) is 6.61. The summed E-state index contributed by atoms with van der Waals surface area (Å²) >= 11 is 5.05. The van der Waals surface area contributed by atoms with E-state index in [-0.39, 0.29) is 5.56 Å². The van der Waals surface area contributed by atoms with Gasteiger partial charge in [0.05, 0.1) is 17.0 Å². The van der Waals surface area contributed by atoms with Crippen LogP contribution in [0.5, 0.6) is 0 Å². The minimum Gasteiger partial charge on any atom is -0.478 e. The van der Waals surface area contributed by atoms with Crippen molar-refractivity contribution in [2.75, 3.05) is 0 Å². The highest BCUT2D eigenvalue weighted by molar-refractivity contribution is 9.10. The molecule has 1 heterocycles. The van der Waals surface area contributed by atoms with Crippen LogP contribution in [0.1, 0.15) is 40.6 Å². The number of halogens is 1. The van der Waals surface area contributed by atoms with E-state index < -0.39 is 5.97 Å². The van der Waals surface area contributed by atoms with Crippen LogP contribution >= 0.6 is 27.7 Å². The molecule has 1 N–H and O–H groups in total. The lowest BCUT2D eigenvalue weighted by molar-refractivity contribution is 0.0694. The molecule has 0 saturated heterocycles. The van der Waals surface area contributed by atoms with E-state index in [1.54, 1.807) is 11.8 Å². The zero-order valence-electron chi connectivity index (χ0n) is 11.1. The fraction of sp³-hybridized carbons (Fsp3) is 0.267. The number of hydrogen-bond donors (Lipinski definition) is 1. The molecule has 108 valence electrons. The summed E-state index contributed by atoms with van der Waals surface area (Å²) in [5, 5.41) is 9.18. The third kappa shape index (κ3) is 3.63. The quantitative estimate of drug-likeness (QED) is 0.808. The Bertz CT molecular complexity index is 672. The normalized spacial score (nSPS) is 14.1. The van der Waals surface area contributed by atoms with Crippen LogP contribution < -0.4 is 0 Å². The Morgan fingerprint density at radius 2 is 2.05 bits per heavy atom. The highest BCUT2D eigenvalue weighted by atomic mass is 79.9. The summed E-state index contributed by atoms with van der Waals surface area (Å²) in [7, 11) is 0. The van der Waals surface area contributed by atoms with Crippen LogP contribution in [0.3, 0.4) is 0 Å². The van der Waals surface area contributed by atoms with Crippen molar-refractivity contribution in [2.24, 2.45) is 0 Å². The summed E-state index contributed by atoms with van der Waals surface area (Å²) < 4.78 is 1.05. The second-order valence-corrected chi connectivity index (χ2v) is 6.87. The Kier molecular flexibility index (Phi) is 4.26. The van der Waals surface area contributed by atoms with Crippen molar-refractivity contribution in [2.45, 2.75) is 29.4 Å². The molecule has 1 aliphatic carbocycles. The van der Waals surface area contributed by atoms with Crippen LogP contribution in [0.25, 0.3) is 0 Å². The number of hydrogen-bond acceptors (Lipinski definition) is 4. The Balaban J connectivity index is 1.75. The lowest BCUT2D eigenvalue weighted by atomic mass is 10.1. The SMILES string of the molecule is O=C(O)c1cnc(CSc2ccc(Br)cc2)nc1C1CC1. The van der Waals surface area contributed by atoms with Gasteiger partial charge in [-0.2, -0.15) is 0 Å². The van der Waals surface area contributed by atoms with Gasteiger partial charge in [-0.3, -0.25) is 0 Å². The maximum atomic E-state index is 11.2. The van der Waals surface area contributed by atoms with Crippen molar-refractivity contribution in [1.29, 1.82) is 0 Å². The molecule has 4 nitrogen and oxygen atoms in total. The first-order valence-corrected chi connectivity index (χ1v) is 8.39. The van der Waals surface area contributed by atoms with E-state index in [0.29, 0.717) is 23.2 Å². The number of thioether (sulfide) groups is 1. The lowest BCUT2D eigenvalue weighted by Crippen LogP contribution is -2.07. The summed E-state index contributed by atoms with van der Waals surface area (Å²) in [6, 6.07) is 8.04. The molecule has 0 atom stereocenters. The fourth-order valence-electron chi connectivity index (χ4n) is 2.01. The number of rotatable bonds is 5. The molecule has 0 aliphatic heterocycles. The van der Waals surface area contributed by atoms with Crippen molar-refractivity contribution in [3.8, 4) is 0 Å². The number of aromatic nitrogens is 2. The van der Waals surface area contributed by atoms with Crippen molar-refractivity contribution >= 4 is 33.7 Å². The van der Waals surface area contributed by atoms with Gasteiger partial charge in [0, 0.05) is 21.5 Å². The van der Waals surface area contributed by atoms with Gasteiger partial charge in [0.2, 0.25) is 0 Å². The van der Waals surface area contributed by atoms with Gasteiger partial charge in [-0.05, 0) is 37.1 Å². The van der Waals surface area contributed by atoms with Crippen LogP contribution in [0.15, 0.2) is 39.8 Å². The molecule has 0 bridgehead atoms. The summed E-state index contributed by atoms with van der Waals surface area (Å²) in [6.07, 6.45) is 3.49. The predicted octanol–water partition coefficient (Wildman–Crippen LogP) is 4.11. The average Bonchev–Trinajstić information content (AvgIpc) is 3.31. The van der Waals surface area contributed by atoms with E-state index >= 15 is 0 Å². The lowest BCUT2D eigenvalue weighted by Gasteiger charge is -2.06. The molecule has 3 rings (SSSR count). The van der Waals surface area contributed by atoms with Gasteiger partial charge in [-0.15, -0.1) is 11.8 Å². The molecule has 2 aromatic rings. The third-order valence-corrected chi connectivity index (χ3v) is 4.78. The van der Waals surface area contributed by atoms with E-state index in [2.05, 4.69) is 25.9 Å². The van der Waals surface area contributed by atoms with Crippen LogP contribution in [-0.4, -0.2) is 21.0 Å². The number of nitrogens with zero attached hydrogens (tertiary/aromatic N) is 2. The highest BCUT2D eigenvalue weighted by Gasteiger charge is 2.30. The van der Waals surface area contributed by atoms with Gasteiger partial charge in [-0.1, -0.05) is 15.9 Å². The minimum absolute atomic E-state index is 0.245. The van der Waals surface area contributed by atoms with E-state index in [1.807, 2.05) is 24.3 Å². The van der Waals surface area contributed by atoms with Gasteiger partial charge in [-0.25, -0.2) is 14.8 Å². The molecule has 0 unspecified atom stereocenters. The van der Waals surface area contributed by atoms with E-state index in [0.717, 1.165) is 22.2 Å². The van der Waals surface area contributed by atoms with Gasteiger partial charge >= 0.3 is 5.97 Å². The maximum Gasteiger partial charge on any atom is 0.339 e. The van der Waals surface area contributed by atoms with Gasteiger partial charge < -0.3 is 5.11 Å². The largest absolute Gasteiger partial charge is 0.478 e. The Hall–Kier alpha value is -1.40. The summed E-state index contributed by atoms with van der Waals surface area (Å²) in [5.41, 5.74) is 0.943. The van der Waals surface area contributed by atoms with Crippen LogP contribution in [0.4, 0.5) is 0 Å². The molecule has 1 aromatic heterocycles. The molecular weight excluding hydrogens is 352 g/mol. The number of carbonyl (C=O) groups is 1. The zero-order chi connectivity index (χ0) is 14.8. The van der Waals surface area contributed by atoms with Crippen molar-refractivity contribution in [1.82, 2.24) is 9.97 Å². The Morgan fingerprint density at radius 1 is 1.33 bits per heavy atom. The van der Waals surface area contributed by atoms with E-state index in [9.17, 15) is 9.90 Å². The maximum absolute atomic E-state index is 11.2. The van der Waals surface area contributed by atoms with E-state index in [1.165, 1.54) is 6.20 Å². The molecule has 0 amide bonds. The molecule has 1 aromatic carbocycles. The smallest absolute Gasteiger partial charge is 0.339 e. The standard InChI is InChI=1S/C15H13BrN2O2S/c16-10-3-5-11(6-4-10)21-8-13-17-7-12(15(19)20)14(18-13)9-1-2-9/h3-7,9H,1-2,8H2,(H,19,20). The topological polar surface area (TPSA) is 63.1 Å². The van der Waals surface area contributed by atoms with Crippen LogP contribution in [0, 0.1) is 0 Å². The highest BCUT2D eigenvalue weighted by Crippen LogP contribution is 2.40. The summed E-state index contributed by atoms with van der Waals surface area (Å²) in [6.45, 7) is 0. The zero-order valence-corrected chi connectivity index (χ0v) is 13.5. The second-order valence-electron chi connectivity index (χ2n) is 4.91. The first kappa shape index (κ1) is 14.5. The molecule has 1 aliphatic rings.